The predicted molar refractivity (Wildman–Crippen MR) is 169 cm³/mol. The number of ether oxygens (including phenoxy) is 1. The maximum absolute atomic E-state index is 14.8. The lowest BCUT2D eigenvalue weighted by Gasteiger charge is -2.31. The van der Waals surface area contributed by atoms with Crippen LogP contribution >= 0.6 is 0 Å². The number of hydrogen-bond donors (Lipinski definition) is 3. The van der Waals surface area contributed by atoms with E-state index in [-0.39, 0.29) is 41.2 Å². The zero-order valence-corrected chi connectivity index (χ0v) is 26.4. The normalized spacial score (nSPS) is 18.6. The Hall–Kier alpha value is -4.32. The molecule has 2 aromatic carbocycles. The van der Waals surface area contributed by atoms with Gasteiger partial charge in [-0.3, -0.25) is 9.59 Å². The van der Waals surface area contributed by atoms with Crippen LogP contribution < -0.4 is 20.7 Å². The largest absolute Gasteiger partial charge is 0.495 e. The number of piperidine rings is 1. The van der Waals surface area contributed by atoms with Gasteiger partial charge in [0.2, 0.25) is 11.9 Å². The molecule has 0 radical (unpaired) electrons. The topological polar surface area (TPSA) is 112 Å². The number of likely N-dealkylation sites (N-methyl/N-ethyl adjacent to an activating group) is 1. The summed E-state index contributed by atoms with van der Waals surface area (Å²) < 4.78 is 35.1. The van der Waals surface area contributed by atoms with Crippen molar-refractivity contribution in [3.8, 4) is 5.75 Å². The summed E-state index contributed by atoms with van der Waals surface area (Å²) >= 11 is 0. The predicted octanol–water partition coefficient (Wildman–Crippen LogP) is 5.11. The molecule has 0 saturated carbocycles. The zero-order valence-electron chi connectivity index (χ0n) is 26.4. The molecule has 3 N–H and O–H groups in total. The first kappa shape index (κ1) is 32.1. The van der Waals surface area contributed by atoms with E-state index >= 15 is 0 Å². The van der Waals surface area contributed by atoms with Crippen LogP contribution in [0.4, 0.5) is 26.2 Å². The van der Waals surface area contributed by atoms with Gasteiger partial charge in [0.15, 0.2) is 0 Å². The highest BCUT2D eigenvalue weighted by molar-refractivity contribution is 5.95. The van der Waals surface area contributed by atoms with Crippen LogP contribution in [0.2, 0.25) is 0 Å². The Bertz CT molecular complexity index is 1540. The molecule has 1 aromatic heterocycles. The molecule has 2 unspecified atom stereocenters. The molecule has 0 bridgehead atoms. The van der Waals surface area contributed by atoms with E-state index in [1.807, 2.05) is 24.3 Å². The molecule has 1 aliphatic carbocycles. The van der Waals surface area contributed by atoms with Crippen molar-refractivity contribution in [1.29, 1.82) is 0 Å². The molecule has 240 valence electrons. The second-order valence-corrected chi connectivity index (χ2v) is 11.8. The summed E-state index contributed by atoms with van der Waals surface area (Å²) in [7, 11) is 3.19. The second kappa shape index (κ2) is 13.4. The van der Waals surface area contributed by atoms with Gasteiger partial charge >= 0.3 is 0 Å². The number of nitrogens with zero attached hydrogens (tertiary/aromatic N) is 4. The van der Waals surface area contributed by atoms with E-state index in [1.54, 1.807) is 30.1 Å². The molecule has 1 saturated heterocycles. The van der Waals surface area contributed by atoms with Crippen molar-refractivity contribution < 1.29 is 23.1 Å². The lowest BCUT2D eigenvalue weighted by atomic mass is 10.0. The molecule has 0 spiro atoms. The summed E-state index contributed by atoms with van der Waals surface area (Å²) in [5.74, 6) is -3.15. The Morgan fingerprint density at radius 3 is 2.56 bits per heavy atom. The first-order valence-electron chi connectivity index (χ1n) is 15.3. The number of amides is 2. The SMILES string of the molecule is CCN1CCC(NC(=O)c2ccc(Nc3ncc(C(C)(F)F)c(NC4Cc5ccccc5C4N(C)C(C)=O)n3)c(OC)c2)CC1. The number of carbonyl (C=O) groups is 2. The first-order chi connectivity index (χ1) is 21.5. The molecule has 2 atom stereocenters. The fourth-order valence-electron chi connectivity index (χ4n) is 6.15. The quantitative estimate of drug-likeness (QED) is 0.287. The zero-order chi connectivity index (χ0) is 32.3. The number of halogens is 2. The summed E-state index contributed by atoms with van der Waals surface area (Å²) in [6.07, 6.45) is 3.42. The van der Waals surface area contributed by atoms with Gasteiger partial charge in [-0.1, -0.05) is 31.2 Å². The van der Waals surface area contributed by atoms with Crippen LogP contribution in [0.5, 0.6) is 5.75 Å². The molecule has 5 rings (SSSR count). The van der Waals surface area contributed by atoms with Gasteiger partial charge in [-0.05, 0) is 55.1 Å². The summed E-state index contributed by atoms with van der Waals surface area (Å²) in [6, 6.07) is 12.1. The molecule has 45 heavy (non-hydrogen) atoms. The fraction of sp³-hybridized carbons (Fsp3) is 0.455. The van der Waals surface area contributed by atoms with Crippen LogP contribution in [-0.4, -0.2) is 77.5 Å². The van der Waals surface area contributed by atoms with Crippen molar-refractivity contribution in [1.82, 2.24) is 25.1 Å². The number of anilines is 3. The van der Waals surface area contributed by atoms with Gasteiger partial charge in [0, 0.05) is 51.8 Å². The van der Waals surface area contributed by atoms with Gasteiger partial charge in [-0.2, -0.15) is 4.98 Å². The Morgan fingerprint density at radius 1 is 1.16 bits per heavy atom. The van der Waals surface area contributed by atoms with Crippen molar-refractivity contribution in [2.75, 3.05) is 44.4 Å². The number of benzene rings is 2. The van der Waals surface area contributed by atoms with Crippen LogP contribution in [0, 0.1) is 0 Å². The average molecular weight is 622 g/mol. The van der Waals surface area contributed by atoms with E-state index in [0.29, 0.717) is 23.4 Å². The Labute approximate surface area is 262 Å². The van der Waals surface area contributed by atoms with Crippen molar-refractivity contribution in [2.45, 2.75) is 64.1 Å². The molecular weight excluding hydrogens is 580 g/mol. The van der Waals surface area contributed by atoms with Crippen LogP contribution in [0.25, 0.3) is 0 Å². The van der Waals surface area contributed by atoms with Gasteiger partial charge in [-0.15, -0.1) is 0 Å². The Balaban J connectivity index is 1.37. The minimum atomic E-state index is -3.23. The van der Waals surface area contributed by atoms with Crippen molar-refractivity contribution in [3.63, 3.8) is 0 Å². The highest BCUT2D eigenvalue weighted by Gasteiger charge is 2.38. The van der Waals surface area contributed by atoms with E-state index in [4.69, 9.17) is 4.74 Å². The number of carbonyl (C=O) groups excluding carboxylic acids is 2. The maximum atomic E-state index is 14.8. The Morgan fingerprint density at radius 2 is 1.89 bits per heavy atom. The minimum absolute atomic E-state index is 0.0381. The lowest BCUT2D eigenvalue weighted by molar-refractivity contribution is -0.129. The molecule has 2 amide bonds. The number of nitrogens with one attached hydrogen (secondary N) is 3. The minimum Gasteiger partial charge on any atom is -0.495 e. The monoisotopic (exact) mass is 621 g/mol. The summed E-state index contributed by atoms with van der Waals surface area (Å²) in [5.41, 5.74) is 2.54. The maximum Gasteiger partial charge on any atom is 0.275 e. The van der Waals surface area contributed by atoms with Gasteiger partial charge in [-0.25, -0.2) is 13.8 Å². The van der Waals surface area contributed by atoms with Crippen molar-refractivity contribution in [2.24, 2.45) is 0 Å². The number of hydrogen-bond acceptors (Lipinski definition) is 8. The van der Waals surface area contributed by atoms with E-state index < -0.39 is 12.0 Å². The highest BCUT2D eigenvalue weighted by Crippen LogP contribution is 2.39. The number of methoxy groups -OCH3 is 1. The first-order valence-corrected chi connectivity index (χ1v) is 15.3. The smallest absolute Gasteiger partial charge is 0.275 e. The van der Waals surface area contributed by atoms with Gasteiger partial charge in [0.1, 0.15) is 11.6 Å². The molecule has 10 nitrogen and oxygen atoms in total. The standard InChI is InChI=1S/C33H41F2N7O3/c1-6-42-15-13-23(14-16-42)37-31(44)22-11-12-26(28(18-22)45-5)39-32-36-19-25(33(3,34)35)30(40-32)38-27-17-21-9-7-8-10-24(21)29(27)41(4)20(2)43/h7-12,18-19,23,27,29H,6,13-17H2,1-5H3,(H,37,44)(H2,36,38,39,40). The molecule has 12 heteroatoms. The van der Waals surface area contributed by atoms with E-state index in [0.717, 1.165) is 56.7 Å². The van der Waals surface area contributed by atoms with Crippen LogP contribution in [0.3, 0.4) is 0 Å². The molecule has 1 fully saturated rings. The van der Waals surface area contributed by atoms with Gasteiger partial charge < -0.3 is 30.5 Å². The third-order valence-corrected chi connectivity index (χ3v) is 8.77. The number of rotatable bonds is 10. The third kappa shape index (κ3) is 7.16. The van der Waals surface area contributed by atoms with E-state index in [2.05, 4.69) is 37.7 Å². The van der Waals surface area contributed by atoms with Crippen molar-refractivity contribution in [3.05, 3.63) is 70.9 Å². The summed E-state index contributed by atoms with van der Waals surface area (Å²) in [5, 5.41) is 9.40. The molecule has 1 aliphatic heterocycles. The lowest BCUT2D eigenvalue weighted by Crippen LogP contribution is -2.44. The van der Waals surface area contributed by atoms with Gasteiger partial charge in [0.25, 0.3) is 11.8 Å². The van der Waals surface area contributed by atoms with E-state index in [9.17, 15) is 18.4 Å². The molecule has 2 heterocycles. The van der Waals surface area contributed by atoms with Crippen LogP contribution in [0.1, 0.15) is 66.7 Å². The third-order valence-electron chi connectivity index (χ3n) is 8.77. The van der Waals surface area contributed by atoms with Gasteiger partial charge in [0.05, 0.1) is 30.4 Å². The number of likely N-dealkylation sites (tertiary alicyclic amines) is 1. The molecule has 3 aromatic rings. The second-order valence-electron chi connectivity index (χ2n) is 11.8. The number of alkyl halides is 2. The van der Waals surface area contributed by atoms with E-state index in [1.165, 1.54) is 14.0 Å². The fourth-order valence-corrected chi connectivity index (χ4v) is 6.15. The average Bonchev–Trinajstić information content (AvgIpc) is 3.38. The molecular formula is C33H41F2N7O3. The Kier molecular flexibility index (Phi) is 9.52. The van der Waals surface area contributed by atoms with Crippen LogP contribution in [0.15, 0.2) is 48.7 Å². The molecule has 2 aliphatic rings. The summed E-state index contributed by atoms with van der Waals surface area (Å²) in [6.45, 7) is 7.32. The summed E-state index contributed by atoms with van der Waals surface area (Å²) in [4.78, 5) is 38.0. The number of aromatic nitrogens is 2. The number of fused-ring (bicyclic) bond motifs is 1. The van der Waals surface area contributed by atoms with Crippen molar-refractivity contribution >= 4 is 29.3 Å². The van der Waals surface area contributed by atoms with Crippen LogP contribution in [-0.2, 0) is 17.1 Å². The highest BCUT2D eigenvalue weighted by atomic mass is 19.3.